The molecule has 0 bridgehead atoms. The second kappa shape index (κ2) is 8.71. The van der Waals surface area contributed by atoms with Crippen LogP contribution in [0.4, 0.5) is 5.69 Å². The molecule has 0 spiro atoms. The minimum Gasteiger partial charge on any atom is -0.483 e. The molecule has 0 aromatic heterocycles. The first-order valence-electron chi connectivity index (χ1n) is 9.46. The van der Waals surface area contributed by atoms with E-state index in [0.717, 1.165) is 31.5 Å². The quantitative estimate of drug-likeness (QED) is 0.839. The highest BCUT2D eigenvalue weighted by atomic mass is 16.5. The van der Waals surface area contributed by atoms with E-state index in [1.54, 1.807) is 12.1 Å². The molecule has 0 saturated carbocycles. The van der Waals surface area contributed by atoms with E-state index < -0.39 is 0 Å². The second-order valence-corrected chi connectivity index (χ2v) is 7.07. The average Bonchev–Trinajstić information content (AvgIpc) is 3.21. The average molecular weight is 366 g/mol. The molecule has 5 heteroatoms. The van der Waals surface area contributed by atoms with E-state index in [1.807, 2.05) is 41.3 Å². The minimum atomic E-state index is -0.282. The van der Waals surface area contributed by atoms with Crippen LogP contribution < -0.4 is 10.1 Å². The maximum atomic E-state index is 12.7. The van der Waals surface area contributed by atoms with Gasteiger partial charge in [-0.25, -0.2) is 0 Å². The lowest BCUT2D eigenvalue weighted by Gasteiger charge is -2.18. The predicted molar refractivity (Wildman–Crippen MR) is 106 cm³/mol. The van der Waals surface area contributed by atoms with Gasteiger partial charge in [0.2, 0.25) is 0 Å². The number of rotatable bonds is 6. The number of anilines is 1. The third kappa shape index (κ3) is 4.67. The monoisotopic (exact) mass is 366 g/mol. The molecule has 1 aliphatic heterocycles. The van der Waals surface area contributed by atoms with Gasteiger partial charge in [0.25, 0.3) is 11.8 Å². The minimum absolute atomic E-state index is 0.0329. The van der Waals surface area contributed by atoms with Gasteiger partial charge >= 0.3 is 0 Å². The number of ether oxygens (including phenoxy) is 1. The molecule has 0 radical (unpaired) electrons. The van der Waals surface area contributed by atoms with Crippen molar-refractivity contribution in [1.29, 1.82) is 0 Å². The molecule has 5 nitrogen and oxygen atoms in total. The normalized spacial score (nSPS) is 13.7. The molecule has 0 aliphatic carbocycles. The van der Waals surface area contributed by atoms with Gasteiger partial charge in [0.05, 0.1) is 11.3 Å². The van der Waals surface area contributed by atoms with Crippen LogP contribution in [0.1, 0.15) is 48.5 Å². The van der Waals surface area contributed by atoms with Crippen LogP contribution in [0.2, 0.25) is 0 Å². The van der Waals surface area contributed by atoms with Crippen LogP contribution in [0, 0.1) is 0 Å². The number of carbonyl (C=O) groups excluding carboxylic acids is 2. The summed E-state index contributed by atoms with van der Waals surface area (Å²) in [4.78, 5) is 26.9. The third-order valence-electron chi connectivity index (χ3n) is 4.72. The molecular weight excluding hydrogens is 340 g/mol. The number of nitrogens with zero attached hydrogens (tertiary/aromatic N) is 1. The Kier molecular flexibility index (Phi) is 6.12. The first-order valence-corrected chi connectivity index (χ1v) is 9.46. The van der Waals surface area contributed by atoms with Crippen molar-refractivity contribution in [3.63, 3.8) is 0 Å². The first kappa shape index (κ1) is 19.0. The molecule has 0 unspecified atom stereocenters. The van der Waals surface area contributed by atoms with Crippen LogP contribution in [0.15, 0.2) is 48.5 Å². The number of nitrogens with one attached hydrogen (secondary N) is 1. The fourth-order valence-corrected chi connectivity index (χ4v) is 3.29. The summed E-state index contributed by atoms with van der Waals surface area (Å²) in [6, 6.07) is 14.9. The van der Waals surface area contributed by atoms with Gasteiger partial charge in [-0.1, -0.05) is 44.2 Å². The van der Waals surface area contributed by atoms with Gasteiger partial charge in [-0.3, -0.25) is 9.59 Å². The highest BCUT2D eigenvalue weighted by Crippen LogP contribution is 2.26. The largest absolute Gasteiger partial charge is 0.483 e. The van der Waals surface area contributed by atoms with E-state index in [1.165, 1.54) is 0 Å². The van der Waals surface area contributed by atoms with Crippen LogP contribution in [-0.4, -0.2) is 36.4 Å². The van der Waals surface area contributed by atoms with Gasteiger partial charge < -0.3 is 15.0 Å². The summed E-state index contributed by atoms with van der Waals surface area (Å²) in [5.41, 5.74) is 2.12. The number of benzene rings is 2. The van der Waals surface area contributed by atoms with Gasteiger partial charge in [-0.2, -0.15) is 0 Å². The van der Waals surface area contributed by atoms with Gasteiger partial charge in [0, 0.05) is 13.1 Å². The summed E-state index contributed by atoms with van der Waals surface area (Å²) in [7, 11) is 0. The summed E-state index contributed by atoms with van der Waals surface area (Å²) in [6.45, 7) is 5.62. The van der Waals surface area contributed by atoms with Crippen molar-refractivity contribution in [2.75, 3.05) is 25.0 Å². The van der Waals surface area contributed by atoms with Crippen molar-refractivity contribution >= 4 is 17.5 Å². The van der Waals surface area contributed by atoms with Crippen molar-refractivity contribution in [2.45, 2.75) is 32.6 Å². The van der Waals surface area contributed by atoms with E-state index in [4.69, 9.17) is 4.74 Å². The summed E-state index contributed by atoms with van der Waals surface area (Å²) >= 11 is 0. The number of likely N-dealkylation sites (tertiary alicyclic amines) is 1. The number of carbonyl (C=O) groups is 2. The molecule has 142 valence electrons. The van der Waals surface area contributed by atoms with Crippen molar-refractivity contribution in [1.82, 2.24) is 4.90 Å². The smallest absolute Gasteiger partial charge is 0.262 e. The summed E-state index contributed by atoms with van der Waals surface area (Å²) < 4.78 is 5.73. The Labute approximate surface area is 160 Å². The molecule has 2 aromatic carbocycles. The molecule has 2 aromatic rings. The topological polar surface area (TPSA) is 58.6 Å². The Bertz CT molecular complexity index is 811. The SMILES string of the molecule is CC(C)c1ccccc1OCC(=O)Nc1ccccc1C(=O)N1CCCC1. The summed E-state index contributed by atoms with van der Waals surface area (Å²) in [5.74, 6) is 0.705. The van der Waals surface area contributed by atoms with Crippen LogP contribution in [0.3, 0.4) is 0 Å². The fraction of sp³-hybridized carbons (Fsp3) is 0.364. The van der Waals surface area contributed by atoms with Crippen molar-refractivity contribution in [2.24, 2.45) is 0 Å². The number of para-hydroxylation sites is 2. The number of amides is 2. The summed E-state index contributed by atoms with van der Waals surface area (Å²) in [6.07, 6.45) is 2.06. The van der Waals surface area contributed by atoms with Crippen LogP contribution >= 0.6 is 0 Å². The zero-order valence-electron chi connectivity index (χ0n) is 15.9. The lowest BCUT2D eigenvalue weighted by Crippen LogP contribution is -2.29. The van der Waals surface area contributed by atoms with Crippen LogP contribution in [-0.2, 0) is 4.79 Å². The molecule has 1 heterocycles. The Morgan fingerprint density at radius 3 is 2.44 bits per heavy atom. The molecular formula is C22H26N2O3. The molecule has 27 heavy (non-hydrogen) atoms. The molecule has 1 aliphatic rings. The molecule has 0 atom stereocenters. The van der Waals surface area contributed by atoms with Crippen molar-refractivity contribution < 1.29 is 14.3 Å². The molecule has 1 fully saturated rings. The van der Waals surface area contributed by atoms with Crippen molar-refractivity contribution in [3.05, 3.63) is 59.7 Å². The van der Waals surface area contributed by atoms with E-state index >= 15 is 0 Å². The first-order chi connectivity index (χ1) is 13.1. The molecule has 1 saturated heterocycles. The molecule has 1 N–H and O–H groups in total. The van der Waals surface area contributed by atoms with Gasteiger partial charge in [0.1, 0.15) is 5.75 Å². The van der Waals surface area contributed by atoms with Gasteiger partial charge in [-0.05, 0) is 42.5 Å². The summed E-state index contributed by atoms with van der Waals surface area (Å²) in [5, 5.41) is 2.82. The Balaban J connectivity index is 1.66. The second-order valence-electron chi connectivity index (χ2n) is 7.07. The maximum Gasteiger partial charge on any atom is 0.262 e. The van der Waals surface area contributed by atoms with Gasteiger partial charge in [-0.15, -0.1) is 0 Å². The van der Waals surface area contributed by atoms with Gasteiger partial charge in [0.15, 0.2) is 6.61 Å². The Hall–Kier alpha value is -2.82. The van der Waals surface area contributed by atoms with E-state index in [2.05, 4.69) is 19.2 Å². The lowest BCUT2D eigenvalue weighted by molar-refractivity contribution is -0.118. The molecule has 2 amide bonds. The standard InChI is InChI=1S/C22H26N2O3/c1-16(2)17-9-4-6-12-20(17)27-15-21(25)23-19-11-5-3-10-18(19)22(26)24-13-7-8-14-24/h3-6,9-12,16H,7-8,13-15H2,1-2H3,(H,23,25). The number of hydrogen-bond donors (Lipinski definition) is 1. The van der Waals surface area contributed by atoms with E-state index in [-0.39, 0.29) is 18.4 Å². The Morgan fingerprint density at radius 2 is 1.70 bits per heavy atom. The fourth-order valence-electron chi connectivity index (χ4n) is 3.29. The van der Waals surface area contributed by atoms with E-state index in [0.29, 0.717) is 22.9 Å². The van der Waals surface area contributed by atoms with Crippen LogP contribution in [0.5, 0.6) is 5.75 Å². The Morgan fingerprint density at radius 1 is 1.04 bits per heavy atom. The molecule has 3 rings (SSSR count). The highest BCUT2D eigenvalue weighted by molar-refractivity contribution is 6.04. The predicted octanol–water partition coefficient (Wildman–Crippen LogP) is 4.06. The highest BCUT2D eigenvalue weighted by Gasteiger charge is 2.22. The lowest BCUT2D eigenvalue weighted by atomic mass is 10.0. The third-order valence-corrected chi connectivity index (χ3v) is 4.72. The zero-order chi connectivity index (χ0) is 19.2. The zero-order valence-corrected chi connectivity index (χ0v) is 15.9. The van der Waals surface area contributed by atoms with Crippen molar-refractivity contribution in [3.8, 4) is 5.75 Å². The van der Waals surface area contributed by atoms with Crippen LogP contribution in [0.25, 0.3) is 0 Å². The number of hydrogen-bond acceptors (Lipinski definition) is 3. The maximum absolute atomic E-state index is 12.7. The van der Waals surface area contributed by atoms with E-state index in [9.17, 15) is 9.59 Å².